The quantitative estimate of drug-likeness (QED) is 0.451. The monoisotopic (exact) mass is 223 g/mol. The van der Waals surface area contributed by atoms with E-state index >= 15 is 0 Å². The minimum Gasteiger partial charge on any atom is -0.463 e. The minimum absolute atomic E-state index is 0.164. The summed E-state index contributed by atoms with van der Waals surface area (Å²) in [5, 5.41) is 3.29. The largest absolute Gasteiger partial charge is 0.463 e. The SMILES string of the molecule is C=C(C)CC(C(=O)OCC)=C1CCNCC1. The normalized spacial score (nSPS) is 15.8. The molecule has 1 N–H and O–H groups in total. The van der Waals surface area contributed by atoms with Crippen LogP contribution in [0.5, 0.6) is 0 Å². The van der Waals surface area contributed by atoms with Crippen molar-refractivity contribution in [1.29, 1.82) is 0 Å². The van der Waals surface area contributed by atoms with Crippen LogP contribution in [0.4, 0.5) is 0 Å². The fraction of sp³-hybridized carbons (Fsp3) is 0.615. The molecule has 0 aromatic rings. The molecule has 1 saturated heterocycles. The van der Waals surface area contributed by atoms with Crippen LogP contribution in [0, 0.1) is 0 Å². The number of piperidine rings is 1. The van der Waals surface area contributed by atoms with Crippen molar-refractivity contribution in [3.63, 3.8) is 0 Å². The molecule has 0 atom stereocenters. The van der Waals surface area contributed by atoms with Crippen molar-refractivity contribution in [2.24, 2.45) is 0 Å². The summed E-state index contributed by atoms with van der Waals surface area (Å²) in [5.74, 6) is -0.164. The Bertz CT molecular complexity index is 297. The summed E-state index contributed by atoms with van der Waals surface area (Å²) in [6.07, 6.45) is 2.54. The first kappa shape index (κ1) is 13.0. The van der Waals surface area contributed by atoms with E-state index in [-0.39, 0.29) is 5.97 Å². The Morgan fingerprint density at radius 1 is 1.44 bits per heavy atom. The molecule has 16 heavy (non-hydrogen) atoms. The molecule has 0 aromatic heterocycles. The molecule has 1 rings (SSSR count). The first-order valence-corrected chi connectivity index (χ1v) is 5.88. The average Bonchev–Trinajstić information content (AvgIpc) is 2.27. The minimum atomic E-state index is -0.164. The van der Waals surface area contributed by atoms with Crippen molar-refractivity contribution in [3.05, 3.63) is 23.3 Å². The molecule has 1 fully saturated rings. The van der Waals surface area contributed by atoms with Gasteiger partial charge in [0.05, 0.1) is 6.61 Å². The smallest absolute Gasteiger partial charge is 0.334 e. The van der Waals surface area contributed by atoms with Gasteiger partial charge in [-0.2, -0.15) is 0 Å². The number of esters is 1. The van der Waals surface area contributed by atoms with Crippen LogP contribution >= 0.6 is 0 Å². The van der Waals surface area contributed by atoms with Gasteiger partial charge in [0.2, 0.25) is 0 Å². The molecule has 0 spiro atoms. The predicted octanol–water partition coefficient (Wildman–Crippen LogP) is 2.20. The van der Waals surface area contributed by atoms with Crippen LogP contribution in [0.3, 0.4) is 0 Å². The third-order valence-corrected chi connectivity index (χ3v) is 2.63. The van der Waals surface area contributed by atoms with Crippen LogP contribution in [-0.2, 0) is 9.53 Å². The van der Waals surface area contributed by atoms with Gasteiger partial charge in [0, 0.05) is 5.57 Å². The lowest BCUT2D eigenvalue weighted by molar-refractivity contribution is -0.138. The van der Waals surface area contributed by atoms with Gasteiger partial charge in [-0.05, 0) is 46.2 Å². The van der Waals surface area contributed by atoms with Crippen LogP contribution < -0.4 is 5.32 Å². The topological polar surface area (TPSA) is 38.3 Å². The van der Waals surface area contributed by atoms with Gasteiger partial charge in [-0.25, -0.2) is 4.79 Å². The number of carbonyl (C=O) groups excluding carboxylic acids is 1. The lowest BCUT2D eigenvalue weighted by atomic mass is 9.95. The van der Waals surface area contributed by atoms with E-state index in [2.05, 4.69) is 11.9 Å². The van der Waals surface area contributed by atoms with Crippen molar-refractivity contribution < 1.29 is 9.53 Å². The van der Waals surface area contributed by atoms with E-state index in [0.29, 0.717) is 13.0 Å². The molecule has 0 radical (unpaired) electrons. The van der Waals surface area contributed by atoms with Crippen molar-refractivity contribution >= 4 is 5.97 Å². The Labute approximate surface area is 97.6 Å². The van der Waals surface area contributed by atoms with E-state index in [1.165, 1.54) is 5.57 Å². The molecular weight excluding hydrogens is 202 g/mol. The molecule has 1 aliphatic rings. The van der Waals surface area contributed by atoms with Gasteiger partial charge in [-0.15, -0.1) is 0 Å². The maximum Gasteiger partial charge on any atom is 0.334 e. The molecule has 0 saturated carbocycles. The van der Waals surface area contributed by atoms with Crippen LogP contribution in [0.2, 0.25) is 0 Å². The van der Waals surface area contributed by atoms with Crippen molar-refractivity contribution in [3.8, 4) is 0 Å². The van der Waals surface area contributed by atoms with E-state index < -0.39 is 0 Å². The number of hydrogen-bond acceptors (Lipinski definition) is 3. The zero-order chi connectivity index (χ0) is 12.0. The summed E-state index contributed by atoms with van der Waals surface area (Å²) in [4.78, 5) is 11.8. The molecule has 0 unspecified atom stereocenters. The zero-order valence-electron chi connectivity index (χ0n) is 10.3. The van der Waals surface area contributed by atoms with Crippen molar-refractivity contribution in [2.75, 3.05) is 19.7 Å². The standard InChI is InChI=1S/C13H21NO2/c1-4-16-13(15)12(9-10(2)3)11-5-7-14-8-6-11/h14H,2,4-9H2,1,3H3. The van der Waals surface area contributed by atoms with Gasteiger partial charge in [0.1, 0.15) is 0 Å². The van der Waals surface area contributed by atoms with E-state index in [1.807, 2.05) is 13.8 Å². The summed E-state index contributed by atoms with van der Waals surface area (Å²) >= 11 is 0. The number of allylic oxidation sites excluding steroid dienone is 1. The molecule has 1 aliphatic heterocycles. The van der Waals surface area contributed by atoms with Gasteiger partial charge in [0.25, 0.3) is 0 Å². The van der Waals surface area contributed by atoms with Crippen LogP contribution in [0.25, 0.3) is 0 Å². The summed E-state index contributed by atoms with van der Waals surface area (Å²) < 4.78 is 5.10. The highest BCUT2D eigenvalue weighted by molar-refractivity contribution is 5.89. The Balaban J connectivity index is 2.83. The molecule has 3 heteroatoms. The van der Waals surface area contributed by atoms with Crippen molar-refractivity contribution in [1.82, 2.24) is 5.32 Å². The third kappa shape index (κ3) is 3.81. The molecule has 90 valence electrons. The summed E-state index contributed by atoms with van der Waals surface area (Å²) in [6.45, 7) is 10.00. The molecule has 0 aromatic carbocycles. The summed E-state index contributed by atoms with van der Waals surface area (Å²) in [7, 11) is 0. The molecule has 3 nitrogen and oxygen atoms in total. The highest BCUT2D eigenvalue weighted by Crippen LogP contribution is 2.22. The maximum absolute atomic E-state index is 11.8. The number of hydrogen-bond donors (Lipinski definition) is 1. The fourth-order valence-corrected chi connectivity index (χ4v) is 1.89. The molecule has 0 amide bonds. The molecule has 0 aliphatic carbocycles. The number of rotatable bonds is 4. The highest BCUT2D eigenvalue weighted by Gasteiger charge is 2.18. The van der Waals surface area contributed by atoms with E-state index in [0.717, 1.165) is 37.1 Å². The summed E-state index contributed by atoms with van der Waals surface area (Å²) in [6, 6.07) is 0. The lowest BCUT2D eigenvalue weighted by Gasteiger charge is -2.19. The fourth-order valence-electron chi connectivity index (χ4n) is 1.89. The second kappa shape index (κ2) is 6.48. The van der Waals surface area contributed by atoms with Gasteiger partial charge in [-0.3, -0.25) is 0 Å². The molecule has 1 heterocycles. The number of ether oxygens (including phenoxy) is 1. The summed E-state index contributed by atoms with van der Waals surface area (Å²) in [5.41, 5.74) is 3.07. The number of carbonyl (C=O) groups is 1. The first-order chi connectivity index (χ1) is 7.65. The second-order valence-electron chi connectivity index (χ2n) is 4.19. The second-order valence-corrected chi connectivity index (χ2v) is 4.19. The highest BCUT2D eigenvalue weighted by atomic mass is 16.5. The average molecular weight is 223 g/mol. The Hall–Kier alpha value is -1.09. The third-order valence-electron chi connectivity index (χ3n) is 2.63. The van der Waals surface area contributed by atoms with Gasteiger partial charge < -0.3 is 10.1 Å². The van der Waals surface area contributed by atoms with Crippen LogP contribution in [0.15, 0.2) is 23.3 Å². The van der Waals surface area contributed by atoms with Crippen molar-refractivity contribution in [2.45, 2.75) is 33.1 Å². The molecule has 0 bridgehead atoms. The Morgan fingerprint density at radius 2 is 2.06 bits per heavy atom. The van der Waals surface area contributed by atoms with Crippen LogP contribution in [-0.4, -0.2) is 25.7 Å². The maximum atomic E-state index is 11.8. The van der Waals surface area contributed by atoms with E-state index in [4.69, 9.17) is 4.74 Å². The lowest BCUT2D eigenvalue weighted by Crippen LogP contribution is -2.25. The van der Waals surface area contributed by atoms with Crippen LogP contribution in [0.1, 0.15) is 33.1 Å². The number of nitrogens with one attached hydrogen (secondary N) is 1. The molecular formula is C13H21NO2. The first-order valence-electron chi connectivity index (χ1n) is 5.88. The predicted molar refractivity (Wildman–Crippen MR) is 65.2 cm³/mol. The van der Waals surface area contributed by atoms with E-state index in [9.17, 15) is 4.79 Å². The Morgan fingerprint density at radius 3 is 2.56 bits per heavy atom. The van der Waals surface area contributed by atoms with Gasteiger partial charge in [0.15, 0.2) is 0 Å². The zero-order valence-corrected chi connectivity index (χ0v) is 10.3. The van der Waals surface area contributed by atoms with Gasteiger partial charge in [-0.1, -0.05) is 17.7 Å². The van der Waals surface area contributed by atoms with E-state index in [1.54, 1.807) is 0 Å². The van der Waals surface area contributed by atoms with Gasteiger partial charge >= 0.3 is 5.97 Å². The Kier molecular flexibility index (Phi) is 5.26.